The molecule has 0 fully saturated rings. The molecular formula is C20H20N2O4S. The second kappa shape index (κ2) is 9.01. The molecule has 1 N–H and O–H groups in total. The van der Waals surface area contributed by atoms with Gasteiger partial charge in [0.2, 0.25) is 0 Å². The first kappa shape index (κ1) is 20.2. The molecule has 27 heavy (non-hydrogen) atoms. The summed E-state index contributed by atoms with van der Waals surface area (Å²) < 4.78 is 10.2. The van der Waals surface area contributed by atoms with Gasteiger partial charge in [-0.15, -0.1) is 11.3 Å². The number of thiophene rings is 1. The van der Waals surface area contributed by atoms with Crippen molar-refractivity contribution in [3.8, 4) is 11.8 Å². The molecule has 6 nitrogen and oxygen atoms in total. The number of hydrogen-bond acceptors (Lipinski definition) is 6. The Morgan fingerprint density at radius 2 is 1.93 bits per heavy atom. The molecule has 1 heterocycles. The number of rotatable bonds is 6. The zero-order chi connectivity index (χ0) is 20.0. The molecule has 1 aromatic heterocycles. The normalized spacial score (nSPS) is 10.9. The third-order valence-corrected chi connectivity index (χ3v) is 4.99. The monoisotopic (exact) mass is 384 g/mol. The van der Waals surface area contributed by atoms with Crippen molar-refractivity contribution in [3.05, 3.63) is 51.4 Å². The van der Waals surface area contributed by atoms with Gasteiger partial charge in [-0.05, 0) is 50.1 Å². The van der Waals surface area contributed by atoms with E-state index >= 15 is 0 Å². The molecule has 0 saturated heterocycles. The largest absolute Gasteiger partial charge is 0.494 e. The number of esters is 1. The lowest BCUT2D eigenvalue weighted by molar-refractivity contribution is -0.112. The third-order valence-electron chi connectivity index (χ3n) is 3.87. The highest BCUT2D eigenvalue weighted by molar-refractivity contribution is 7.16. The Labute approximate surface area is 162 Å². The zero-order valence-electron chi connectivity index (χ0n) is 15.6. The van der Waals surface area contributed by atoms with E-state index in [2.05, 4.69) is 5.32 Å². The van der Waals surface area contributed by atoms with Crippen LogP contribution in [0.1, 0.15) is 33.3 Å². The van der Waals surface area contributed by atoms with Gasteiger partial charge in [0, 0.05) is 4.88 Å². The maximum absolute atomic E-state index is 12.5. The SMILES string of the molecule is CCOc1ccc(C=C(C#N)C(=O)Nc2sc(C)c(C)c2C(=O)OC)cc1. The number of benzene rings is 1. The maximum Gasteiger partial charge on any atom is 0.341 e. The van der Waals surface area contributed by atoms with Gasteiger partial charge in [-0.3, -0.25) is 4.79 Å². The molecule has 0 bridgehead atoms. The number of nitrogens with zero attached hydrogens (tertiary/aromatic N) is 1. The molecular weight excluding hydrogens is 364 g/mol. The van der Waals surface area contributed by atoms with Gasteiger partial charge in [0.1, 0.15) is 22.4 Å². The van der Waals surface area contributed by atoms with Crippen molar-refractivity contribution in [2.24, 2.45) is 0 Å². The average Bonchev–Trinajstić information content (AvgIpc) is 2.94. The standard InChI is InChI=1S/C20H20N2O4S/c1-5-26-16-8-6-14(7-9-16)10-15(11-21)18(23)22-19-17(20(24)25-4)12(2)13(3)27-19/h6-10H,5H2,1-4H3,(H,22,23). The highest BCUT2D eigenvalue weighted by atomic mass is 32.1. The summed E-state index contributed by atoms with van der Waals surface area (Å²) in [5, 5.41) is 12.4. The molecule has 0 saturated carbocycles. The fraction of sp³-hybridized carbons (Fsp3) is 0.250. The molecule has 1 aromatic carbocycles. The first-order valence-corrected chi connectivity index (χ1v) is 9.07. The number of hydrogen-bond donors (Lipinski definition) is 1. The summed E-state index contributed by atoms with van der Waals surface area (Å²) in [6.07, 6.45) is 1.48. The smallest absolute Gasteiger partial charge is 0.341 e. The Morgan fingerprint density at radius 3 is 2.48 bits per heavy atom. The third kappa shape index (κ3) is 4.74. The Bertz CT molecular complexity index is 921. The molecule has 0 spiro atoms. The van der Waals surface area contributed by atoms with Crippen LogP contribution in [-0.4, -0.2) is 25.6 Å². The predicted octanol–water partition coefficient (Wildman–Crippen LogP) is 4.10. The fourth-order valence-corrected chi connectivity index (χ4v) is 3.42. The summed E-state index contributed by atoms with van der Waals surface area (Å²) in [5.41, 5.74) is 1.68. The van der Waals surface area contributed by atoms with E-state index in [4.69, 9.17) is 9.47 Å². The molecule has 0 aliphatic heterocycles. The molecule has 0 aliphatic rings. The van der Waals surface area contributed by atoms with E-state index in [1.54, 1.807) is 31.2 Å². The highest BCUT2D eigenvalue weighted by Gasteiger charge is 2.22. The van der Waals surface area contributed by atoms with Crippen molar-refractivity contribution in [1.29, 1.82) is 5.26 Å². The topological polar surface area (TPSA) is 88.4 Å². The zero-order valence-corrected chi connectivity index (χ0v) is 16.4. The number of aryl methyl sites for hydroxylation is 1. The summed E-state index contributed by atoms with van der Waals surface area (Å²) in [5.74, 6) is -0.399. The summed E-state index contributed by atoms with van der Waals surface area (Å²) in [6.45, 7) is 6.09. The van der Waals surface area contributed by atoms with Gasteiger partial charge in [-0.2, -0.15) is 5.26 Å². The number of carbonyl (C=O) groups is 2. The van der Waals surface area contributed by atoms with Crippen LogP contribution in [0.5, 0.6) is 5.75 Å². The lowest BCUT2D eigenvalue weighted by atomic mass is 10.1. The number of nitrogens with one attached hydrogen (secondary N) is 1. The van der Waals surface area contributed by atoms with Crippen LogP contribution in [-0.2, 0) is 9.53 Å². The molecule has 0 radical (unpaired) electrons. The molecule has 1 amide bonds. The van der Waals surface area contributed by atoms with E-state index in [-0.39, 0.29) is 5.57 Å². The predicted molar refractivity (Wildman–Crippen MR) is 105 cm³/mol. The Balaban J connectivity index is 2.27. The Morgan fingerprint density at radius 1 is 1.26 bits per heavy atom. The van der Waals surface area contributed by atoms with Crippen LogP contribution in [0, 0.1) is 25.2 Å². The minimum absolute atomic E-state index is 0.0707. The fourth-order valence-electron chi connectivity index (χ4n) is 2.38. The van der Waals surface area contributed by atoms with Crippen molar-refractivity contribution in [1.82, 2.24) is 0 Å². The number of amides is 1. The van der Waals surface area contributed by atoms with E-state index < -0.39 is 11.9 Å². The molecule has 140 valence electrons. The van der Waals surface area contributed by atoms with Crippen molar-refractivity contribution >= 4 is 34.3 Å². The van der Waals surface area contributed by atoms with Crippen LogP contribution in [0.3, 0.4) is 0 Å². The van der Waals surface area contributed by atoms with Crippen LogP contribution in [0.4, 0.5) is 5.00 Å². The second-order valence-electron chi connectivity index (χ2n) is 5.60. The molecule has 2 rings (SSSR count). The van der Waals surface area contributed by atoms with E-state index in [0.29, 0.717) is 28.5 Å². The molecule has 0 unspecified atom stereocenters. The summed E-state index contributed by atoms with van der Waals surface area (Å²) >= 11 is 1.27. The van der Waals surface area contributed by atoms with Crippen LogP contribution in [0.25, 0.3) is 6.08 Å². The highest BCUT2D eigenvalue weighted by Crippen LogP contribution is 2.33. The van der Waals surface area contributed by atoms with Crippen molar-refractivity contribution in [3.63, 3.8) is 0 Å². The van der Waals surface area contributed by atoms with Gasteiger partial charge in [0.25, 0.3) is 5.91 Å². The number of nitriles is 1. The van der Waals surface area contributed by atoms with Gasteiger partial charge in [0.15, 0.2) is 0 Å². The molecule has 0 atom stereocenters. The number of methoxy groups -OCH3 is 1. The first-order valence-electron chi connectivity index (χ1n) is 8.25. The lowest BCUT2D eigenvalue weighted by Gasteiger charge is -2.06. The van der Waals surface area contributed by atoms with Gasteiger partial charge < -0.3 is 14.8 Å². The van der Waals surface area contributed by atoms with Crippen LogP contribution in [0.15, 0.2) is 29.8 Å². The number of carbonyl (C=O) groups excluding carboxylic acids is 2. The second-order valence-corrected chi connectivity index (χ2v) is 6.83. The molecule has 7 heteroatoms. The summed E-state index contributed by atoms with van der Waals surface area (Å²) in [4.78, 5) is 25.4. The lowest BCUT2D eigenvalue weighted by Crippen LogP contribution is -2.15. The Hall–Kier alpha value is -3.11. The van der Waals surface area contributed by atoms with Crippen LogP contribution < -0.4 is 10.1 Å². The van der Waals surface area contributed by atoms with E-state index in [1.807, 2.05) is 19.9 Å². The number of ether oxygens (including phenoxy) is 2. The van der Waals surface area contributed by atoms with Gasteiger partial charge in [-0.1, -0.05) is 12.1 Å². The number of anilines is 1. The first-order chi connectivity index (χ1) is 12.9. The Kier molecular flexibility index (Phi) is 6.74. The summed E-state index contributed by atoms with van der Waals surface area (Å²) in [7, 11) is 1.28. The van der Waals surface area contributed by atoms with E-state index in [1.165, 1.54) is 24.5 Å². The summed E-state index contributed by atoms with van der Waals surface area (Å²) in [6, 6.07) is 8.95. The van der Waals surface area contributed by atoms with E-state index in [9.17, 15) is 14.9 Å². The van der Waals surface area contributed by atoms with Crippen LogP contribution >= 0.6 is 11.3 Å². The van der Waals surface area contributed by atoms with Crippen molar-refractivity contribution in [2.75, 3.05) is 19.0 Å². The molecule has 2 aromatic rings. The van der Waals surface area contributed by atoms with Gasteiger partial charge >= 0.3 is 5.97 Å². The van der Waals surface area contributed by atoms with Gasteiger partial charge in [0.05, 0.1) is 19.3 Å². The maximum atomic E-state index is 12.5. The minimum Gasteiger partial charge on any atom is -0.494 e. The molecule has 0 aliphatic carbocycles. The van der Waals surface area contributed by atoms with Crippen LogP contribution in [0.2, 0.25) is 0 Å². The van der Waals surface area contributed by atoms with Crippen molar-refractivity contribution in [2.45, 2.75) is 20.8 Å². The minimum atomic E-state index is -0.585. The van der Waals surface area contributed by atoms with Gasteiger partial charge in [-0.25, -0.2) is 4.79 Å². The quantitative estimate of drug-likeness (QED) is 0.460. The van der Waals surface area contributed by atoms with E-state index in [0.717, 1.165) is 10.4 Å². The average molecular weight is 384 g/mol. The van der Waals surface area contributed by atoms with Crippen molar-refractivity contribution < 1.29 is 19.1 Å².